The number of alkyl carbamates (subject to hydrolysis) is 1. The van der Waals surface area contributed by atoms with Gasteiger partial charge >= 0.3 is 12.2 Å². The van der Waals surface area contributed by atoms with Crippen molar-refractivity contribution in [2.45, 2.75) is 70.9 Å². The van der Waals surface area contributed by atoms with Gasteiger partial charge in [-0.3, -0.25) is 4.90 Å². The lowest BCUT2D eigenvalue weighted by atomic mass is 9.82. The molecule has 0 spiro atoms. The molecule has 1 unspecified atom stereocenters. The quantitative estimate of drug-likeness (QED) is 0.207. The molecule has 8 nitrogen and oxygen atoms in total. The molecule has 2 N–H and O–H groups in total. The maximum atomic E-state index is 12.8. The van der Waals surface area contributed by atoms with Crippen LogP contribution in [0, 0.1) is 5.92 Å². The van der Waals surface area contributed by atoms with E-state index in [1.807, 2.05) is 63.2 Å². The average molecular weight is 614 g/mol. The summed E-state index contributed by atoms with van der Waals surface area (Å²) < 4.78 is 11.3. The molecule has 45 heavy (non-hydrogen) atoms. The molecule has 3 aromatic carbocycles. The third-order valence-electron chi connectivity index (χ3n) is 8.70. The summed E-state index contributed by atoms with van der Waals surface area (Å²) >= 11 is 0. The Morgan fingerprint density at radius 1 is 0.933 bits per heavy atom. The highest BCUT2D eigenvalue weighted by atomic mass is 16.6. The van der Waals surface area contributed by atoms with Crippen molar-refractivity contribution < 1.29 is 24.2 Å². The number of piperidine rings is 3. The Kier molecular flexibility index (Phi) is 10.7. The van der Waals surface area contributed by atoms with Crippen LogP contribution >= 0.6 is 0 Å². The molecule has 0 saturated carbocycles. The predicted molar refractivity (Wildman–Crippen MR) is 178 cm³/mol. The van der Waals surface area contributed by atoms with Crippen LogP contribution in [-0.2, 0) is 17.6 Å². The molecule has 3 fully saturated rings. The summed E-state index contributed by atoms with van der Waals surface area (Å²) in [5.74, 6) is 1.22. The van der Waals surface area contributed by atoms with Gasteiger partial charge in [-0.25, -0.2) is 9.59 Å². The molecule has 1 atom stereocenters. The number of unbranched alkanes of at least 4 members (excludes halogenated alkanes) is 1. The molecular weight excluding hydrogens is 566 g/mol. The molecule has 3 aliphatic rings. The predicted octanol–water partition coefficient (Wildman–Crippen LogP) is 7.40. The fraction of sp³-hybridized carbons (Fsp3) is 0.459. The van der Waals surface area contributed by atoms with Gasteiger partial charge in [0, 0.05) is 18.7 Å². The number of aryl methyl sites for hydroxylation is 1. The van der Waals surface area contributed by atoms with Crippen molar-refractivity contribution in [2.24, 2.45) is 5.92 Å². The topological polar surface area (TPSA) is 91.3 Å². The summed E-state index contributed by atoms with van der Waals surface area (Å²) in [5, 5.41) is 13.3. The van der Waals surface area contributed by atoms with E-state index in [4.69, 9.17) is 9.47 Å². The number of nitrogens with zero attached hydrogens (tertiary/aromatic N) is 2. The maximum absolute atomic E-state index is 12.8. The molecule has 8 heteroatoms. The zero-order chi connectivity index (χ0) is 31.8. The molecule has 0 aromatic heterocycles. The van der Waals surface area contributed by atoms with Crippen LogP contribution < -0.4 is 15.0 Å². The van der Waals surface area contributed by atoms with E-state index in [0.29, 0.717) is 25.5 Å². The van der Waals surface area contributed by atoms with Gasteiger partial charge < -0.3 is 24.8 Å². The molecule has 2 bridgehead atoms. The van der Waals surface area contributed by atoms with Gasteiger partial charge in [-0.1, -0.05) is 54.6 Å². The van der Waals surface area contributed by atoms with Crippen LogP contribution in [0.5, 0.6) is 5.75 Å². The minimum absolute atomic E-state index is 0.0243. The van der Waals surface area contributed by atoms with Gasteiger partial charge in [0.2, 0.25) is 0 Å². The highest BCUT2D eigenvalue weighted by Gasteiger charge is 2.40. The third kappa shape index (κ3) is 9.01. The number of carboxylic acid groups (broad SMARTS) is 1. The number of amides is 2. The van der Waals surface area contributed by atoms with Crippen molar-refractivity contribution in [1.29, 1.82) is 0 Å². The zero-order valence-corrected chi connectivity index (χ0v) is 26.8. The van der Waals surface area contributed by atoms with Gasteiger partial charge in [-0.05, 0) is 113 Å². The minimum atomic E-state index is -0.873. The lowest BCUT2D eigenvalue weighted by Gasteiger charge is -2.48. The van der Waals surface area contributed by atoms with Gasteiger partial charge in [-0.15, -0.1) is 0 Å². The molecule has 3 aromatic rings. The number of hydrogen-bond donors (Lipinski definition) is 2. The Labute approximate surface area is 267 Å². The van der Waals surface area contributed by atoms with E-state index in [9.17, 15) is 14.7 Å². The second kappa shape index (κ2) is 14.8. The lowest BCUT2D eigenvalue weighted by molar-refractivity contribution is 0.0528. The second-order valence-corrected chi connectivity index (χ2v) is 13.2. The normalized spacial score (nSPS) is 19.1. The first kappa shape index (κ1) is 32.4. The smallest absolute Gasteiger partial charge is 0.412 e. The third-order valence-corrected chi connectivity index (χ3v) is 8.70. The van der Waals surface area contributed by atoms with E-state index in [-0.39, 0.29) is 6.04 Å². The molecule has 240 valence electrons. The average Bonchev–Trinajstić information content (AvgIpc) is 3.02. The molecule has 3 aliphatic heterocycles. The number of hydrogen-bond acceptors (Lipinski definition) is 5. The Balaban J connectivity index is 1.15. The fourth-order valence-corrected chi connectivity index (χ4v) is 6.44. The van der Waals surface area contributed by atoms with E-state index in [0.717, 1.165) is 85.4 Å². The molecule has 6 rings (SSSR count). The summed E-state index contributed by atoms with van der Waals surface area (Å²) in [5.41, 5.74) is 4.54. The summed E-state index contributed by atoms with van der Waals surface area (Å²) in [7, 11) is 0. The van der Waals surface area contributed by atoms with Gasteiger partial charge in [-0.2, -0.15) is 0 Å². The highest BCUT2D eigenvalue weighted by Crippen LogP contribution is 2.39. The number of fused-ring (bicyclic) bond motifs is 3. The summed E-state index contributed by atoms with van der Waals surface area (Å²) in [4.78, 5) is 28.7. The van der Waals surface area contributed by atoms with Crippen LogP contribution in [0.2, 0.25) is 0 Å². The van der Waals surface area contributed by atoms with E-state index in [2.05, 4.69) is 40.5 Å². The first-order valence-electron chi connectivity index (χ1n) is 16.3. The number of carbonyl (C=O) groups is 2. The van der Waals surface area contributed by atoms with Crippen LogP contribution in [0.15, 0.2) is 72.8 Å². The number of carbonyl (C=O) groups excluding carboxylic acids is 1. The number of anilines is 1. The van der Waals surface area contributed by atoms with Gasteiger partial charge in [0.05, 0.1) is 18.3 Å². The first-order valence-corrected chi connectivity index (χ1v) is 16.3. The van der Waals surface area contributed by atoms with E-state index in [1.54, 1.807) is 4.90 Å². The maximum Gasteiger partial charge on any atom is 0.412 e. The van der Waals surface area contributed by atoms with Crippen molar-refractivity contribution in [1.82, 2.24) is 10.2 Å². The number of ether oxygens (including phenoxy) is 2. The van der Waals surface area contributed by atoms with Crippen molar-refractivity contribution in [3.8, 4) is 16.9 Å². The zero-order valence-electron chi connectivity index (χ0n) is 26.8. The molecular formula is C37H47N3O5. The van der Waals surface area contributed by atoms with Crippen LogP contribution in [-0.4, -0.2) is 66.6 Å². The van der Waals surface area contributed by atoms with Gasteiger partial charge in [0.15, 0.2) is 0 Å². The number of nitrogens with one attached hydrogen (secondary N) is 1. The highest BCUT2D eigenvalue weighted by molar-refractivity contribution is 5.94. The summed E-state index contributed by atoms with van der Waals surface area (Å²) in [6.45, 7) is 9.59. The SMILES string of the molecule is CC(C)(C)OC(=O)NCCc1ccc(OCCCCc2ccc(-c3ccccc3)c(N(C(=O)O)C3CN4CCC3CC4)c2)cc1. The van der Waals surface area contributed by atoms with E-state index in [1.165, 1.54) is 0 Å². The molecule has 0 radical (unpaired) electrons. The van der Waals surface area contributed by atoms with Crippen molar-refractivity contribution in [3.63, 3.8) is 0 Å². The Morgan fingerprint density at radius 3 is 2.29 bits per heavy atom. The number of rotatable bonds is 12. The summed E-state index contributed by atoms with van der Waals surface area (Å²) in [6.07, 6.45) is 4.23. The standard InChI is InChI=1S/C37H47N3O5/c1-37(2,3)45-35(41)38-21-18-27-12-15-31(16-13-27)44-24-8-7-9-28-14-17-32(29-10-5-4-6-11-29)33(25-28)40(36(42)43)34-26-39-22-19-30(34)20-23-39/h4-6,10-17,25,30,34H,7-9,18-24,26H2,1-3H3,(H,38,41)(H,42,43). The van der Waals surface area contributed by atoms with Crippen molar-refractivity contribution in [2.75, 3.05) is 37.7 Å². The van der Waals surface area contributed by atoms with Crippen molar-refractivity contribution in [3.05, 3.63) is 83.9 Å². The van der Waals surface area contributed by atoms with Crippen LogP contribution in [0.25, 0.3) is 11.1 Å². The molecule has 2 amide bonds. The second-order valence-electron chi connectivity index (χ2n) is 13.2. The lowest BCUT2D eigenvalue weighted by Crippen LogP contribution is -2.59. The van der Waals surface area contributed by atoms with Crippen LogP contribution in [0.3, 0.4) is 0 Å². The molecule has 0 aliphatic carbocycles. The Morgan fingerprint density at radius 2 is 1.64 bits per heavy atom. The fourth-order valence-electron chi connectivity index (χ4n) is 6.44. The Bertz CT molecular complexity index is 1410. The monoisotopic (exact) mass is 613 g/mol. The van der Waals surface area contributed by atoms with E-state index >= 15 is 0 Å². The molecule has 3 saturated heterocycles. The van der Waals surface area contributed by atoms with E-state index < -0.39 is 17.8 Å². The van der Waals surface area contributed by atoms with Crippen LogP contribution in [0.1, 0.15) is 57.6 Å². The summed E-state index contributed by atoms with van der Waals surface area (Å²) in [6, 6.07) is 24.4. The van der Waals surface area contributed by atoms with Crippen LogP contribution in [0.4, 0.5) is 15.3 Å². The minimum Gasteiger partial charge on any atom is -0.494 e. The van der Waals surface area contributed by atoms with Gasteiger partial charge in [0.1, 0.15) is 11.4 Å². The van der Waals surface area contributed by atoms with Crippen molar-refractivity contribution >= 4 is 17.9 Å². The molecule has 3 heterocycles. The largest absolute Gasteiger partial charge is 0.494 e. The Hall–Kier alpha value is -4.04. The van der Waals surface area contributed by atoms with Gasteiger partial charge in [0.25, 0.3) is 0 Å². The number of benzene rings is 3. The first-order chi connectivity index (χ1) is 21.7.